The third-order valence-electron chi connectivity index (χ3n) is 16.8. The molecule has 3 aliphatic rings. The van der Waals surface area contributed by atoms with Gasteiger partial charge < -0.3 is 42.6 Å². The minimum absolute atomic E-state index is 0.176. The first-order chi connectivity index (χ1) is 42.5. The second-order valence-electron chi connectivity index (χ2n) is 22.8. The Morgan fingerprint density at radius 3 is 0.852 bits per heavy atom. The molecule has 19 heteroatoms. The van der Waals surface area contributed by atoms with Gasteiger partial charge >= 0.3 is 17.9 Å². The molecule has 0 unspecified atom stereocenters. The van der Waals surface area contributed by atoms with Crippen LogP contribution in [0.5, 0.6) is 34.5 Å². The van der Waals surface area contributed by atoms with Crippen LogP contribution >= 0.6 is 136 Å². The van der Waals surface area contributed by atoms with Gasteiger partial charge in [-0.15, -0.1) is 0 Å². The lowest BCUT2D eigenvalue weighted by Crippen LogP contribution is -2.38. The second-order valence-corrected chi connectivity index (χ2v) is 32.0. The van der Waals surface area contributed by atoms with E-state index in [2.05, 4.69) is 193 Å². The molecule has 9 rings (SSSR count). The predicted molar refractivity (Wildman–Crippen MR) is 393 cm³/mol. The van der Waals surface area contributed by atoms with E-state index in [1.54, 1.807) is 0 Å². The van der Waals surface area contributed by atoms with Gasteiger partial charge in [-0.3, -0.25) is 0 Å². The molecule has 88 heavy (non-hydrogen) atoms. The molecule has 6 aromatic rings. The highest BCUT2D eigenvalue weighted by atomic mass is 127. The summed E-state index contributed by atoms with van der Waals surface area (Å²) in [7, 11) is -0.596. The van der Waals surface area contributed by atoms with Crippen molar-refractivity contribution in [3.8, 4) is 34.5 Å². The summed E-state index contributed by atoms with van der Waals surface area (Å²) in [5.41, 5.74) is 1.28. The molecule has 12 nitrogen and oxygen atoms in total. The molecule has 0 amide bonds. The van der Waals surface area contributed by atoms with Crippen molar-refractivity contribution in [1.29, 1.82) is 0 Å². The number of esters is 3. The van der Waals surface area contributed by atoms with E-state index < -0.39 is 27.7 Å². The van der Waals surface area contributed by atoms with E-state index in [-0.39, 0.29) is 57.5 Å². The zero-order valence-corrected chi connectivity index (χ0v) is 63.7. The van der Waals surface area contributed by atoms with Gasteiger partial charge in [0.1, 0.15) is 71.1 Å². The van der Waals surface area contributed by atoms with Crippen molar-refractivity contribution in [1.82, 2.24) is 0 Å². The van der Waals surface area contributed by atoms with Crippen molar-refractivity contribution >= 4 is 164 Å². The molecule has 0 atom stereocenters. The van der Waals surface area contributed by atoms with Crippen LogP contribution in [0.3, 0.4) is 0 Å². The number of hydrogen-bond acceptors (Lipinski definition) is 12. The average Bonchev–Trinajstić information content (AvgIpc) is 3.43. The lowest BCUT2D eigenvalue weighted by molar-refractivity contribution is -0.167. The summed E-state index contributed by atoms with van der Waals surface area (Å²) >= 11 is 13.7. The van der Waals surface area contributed by atoms with E-state index in [0.717, 1.165) is 149 Å². The molecule has 0 saturated heterocycles. The fourth-order valence-corrected chi connectivity index (χ4v) is 20.3. The van der Waals surface area contributed by atoms with Gasteiger partial charge in [-0.2, -0.15) is 0 Å². The van der Waals surface area contributed by atoms with Crippen molar-refractivity contribution in [2.24, 2.45) is 0 Å². The Morgan fingerprint density at radius 1 is 0.364 bits per heavy atom. The highest BCUT2D eigenvalue weighted by Crippen LogP contribution is 2.40. The van der Waals surface area contributed by atoms with Crippen LogP contribution < -0.4 is 28.4 Å². The third kappa shape index (κ3) is 19.2. The molecular formula is C69H75I6O12S+. The fourth-order valence-electron chi connectivity index (χ4n) is 11.9. The van der Waals surface area contributed by atoms with Crippen LogP contribution in [0.4, 0.5) is 0 Å². The molecule has 0 N–H and O–H groups in total. The van der Waals surface area contributed by atoms with Gasteiger partial charge in [0.15, 0.2) is 34.5 Å². The Balaban J connectivity index is 0.912. The topological polar surface area (TPSA) is 134 Å². The van der Waals surface area contributed by atoms with E-state index in [9.17, 15) is 14.4 Å². The largest absolute Gasteiger partial charge is 0.489 e. The molecule has 0 bridgehead atoms. The Bertz CT molecular complexity index is 2980. The van der Waals surface area contributed by atoms with Crippen LogP contribution in [0.1, 0.15) is 153 Å². The number of rotatable bonds is 27. The molecule has 3 aliphatic carbocycles. The summed E-state index contributed by atoms with van der Waals surface area (Å²) in [5.74, 6) is 2.84. The minimum atomic E-state index is -0.596. The average molecular weight is 1890 g/mol. The first-order valence-corrected chi connectivity index (χ1v) is 38.1. The van der Waals surface area contributed by atoms with Gasteiger partial charge in [0.2, 0.25) is 0 Å². The lowest BCUT2D eigenvalue weighted by Gasteiger charge is -2.35. The molecule has 0 spiro atoms. The number of halogens is 6. The molecule has 0 heterocycles. The standard InChI is InChI=1S/C69H75I6O12S/c1-4-67(28-10-7-11-29-67)85-61(76)43-82-64-46(34-49(70)37-58(64)73)40-79-52-16-22-55(23-17-52)88(56-24-18-53(19-25-56)80-41-47-35-50(71)38-59(74)65(47)83-44-62(77)86-68(5-2)30-12-8-13-31-68)57-26-20-54(21-27-57)81-42-48-36-51(72)39-60(75)66(48)84-45-63(78)87-69(6-3)32-14-9-15-33-69/h16-27,34-39H,4-15,28-33,40-45H2,1-3H3/q+1. The highest BCUT2D eigenvalue weighted by Gasteiger charge is 2.37. The van der Waals surface area contributed by atoms with E-state index in [0.29, 0.717) is 34.5 Å². The van der Waals surface area contributed by atoms with Gasteiger partial charge in [0.25, 0.3) is 0 Å². The summed E-state index contributed by atoms with van der Waals surface area (Å²) in [6, 6.07) is 36.8. The monoisotopic (exact) mass is 1890 g/mol. The van der Waals surface area contributed by atoms with Gasteiger partial charge in [0.05, 0.1) is 21.6 Å². The molecular weight excluding hydrogens is 1810 g/mol. The SMILES string of the molecule is CCC1(OC(=O)COc2c(I)cc(I)cc2COc2ccc([S+](c3ccc(OCc4cc(I)cc(I)c4OCC(=O)OC4(CC)CCCCC4)cc3)c3ccc(OCc4cc(I)cc(I)c4OCC(=O)OC4(CC)CCCCC4)cc3)cc2)CCCCC1. The third-order valence-corrected chi connectivity index (χ3v) is 23.3. The number of carbonyl (C=O) groups excluding carboxylic acids is 3. The number of hydrogen-bond donors (Lipinski definition) is 0. The van der Waals surface area contributed by atoms with Crippen LogP contribution in [0.25, 0.3) is 0 Å². The van der Waals surface area contributed by atoms with E-state index in [4.69, 9.17) is 42.6 Å². The van der Waals surface area contributed by atoms with Gasteiger partial charge in [-0.1, -0.05) is 40.0 Å². The van der Waals surface area contributed by atoms with Gasteiger partial charge in [-0.25, -0.2) is 14.4 Å². The molecule has 0 radical (unpaired) electrons. The maximum atomic E-state index is 13.2. The summed E-state index contributed by atoms with van der Waals surface area (Å²) in [4.78, 5) is 42.9. The van der Waals surface area contributed by atoms with Gasteiger partial charge in [-0.05, 0) is 341 Å². The first kappa shape index (κ1) is 69.6. The van der Waals surface area contributed by atoms with Crippen LogP contribution in [-0.4, -0.2) is 54.5 Å². The zero-order chi connectivity index (χ0) is 62.3. The summed E-state index contributed by atoms with van der Waals surface area (Å²) in [5, 5.41) is 0. The molecule has 6 aromatic carbocycles. The predicted octanol–water partition coefficient (Wildman–Crippen LogP) is 19.3. The number of carbonyl (C=O) groups is 3. The maximum Gasteiger partial charge on any atom is 0.344 e. The zero-order valence-electron chi connectivity index (χ0n) is 49.9. The Kier molecular flexibility index (Phi) is 26.4. The summed E-state index contributed by atoms with van der Waals surface area (Å²) in [6.45, 7) is 6.44. The molecule has 470 valence electrons. The van der Waals surface area contributed by atoms with E-state index in [1.807, 2.05) is 72.8 Å². The smallest absolute Gasteiger partial charge is 0.344 e. The van der Waals surface area contributed by atoms with Crippen LogP contribution in [0, 0.1) is 21.4 Å². The Labute approximate surface area is 603 Å². The van der Waals surface area contributed by atoms with Crippen molar-refractivity contribution in [2.45, 2.75) is 188 Å². The van der Waals surface area contributed by atoms with Crippen molar-refractivity contribution in [3.05, 3.63) is 147 Å². The van der Waals surface area contributed by atoms with E-state index in [1.165, 1.54) is 19.3 Å². The highest BCUT2D eigenvalue weighted by molar-refractivity contribution is 14.1. The quantitative estimate of drug-likeness (QED) is 0.0210. The molecule has 3 saturated carbocycles. The molecule has 0 aliphatic heterocycles. The first-order valence-electron chi connectivity index (χ1n) is 30.4. The van der Waals surface area contributed by atoms with E-state index >= 15 is 0 Å². The van der Waals surface area contributed by atoms with Crippen LogP contribution in [0.15, 0.2) is 124 Å². The Hall–Kier alpha value is -2.74. The second kappa shape index (κ2) is 33.4. The molecule has 0 aromatic heterocycles. The summed E-state index contributed by atoms with van der Waals surface area (Å²) < 4.78 is 62.2. The minimum Gasteiger partial charge on any atom is -0.489 e. The molecule has 3 fully saturated rings. The maximum absolute atomic E-state index is 13.2. The van der Waals surface area contributed by atoms with Crippen molar-refractivity contribution < 1.29 is 57.0 Å². The lowest BCUT2D eigenvalue weighted by atomic mass is 9.83. The van der Waals surface area contributed by atoms with Crippen LogP contribution in [0.2, 0.25) is 0 Å². The fraction of sp³-hybridized carbons (Fsp3) is 0.435. The normalized spacial score (nSPS) is 16.0. The van der Waals surface area contributed by atoms with Crippen LogP contribution in [-0.2, 0) is 59.3 Å². The summed E-state index contributed by atoms with van der Waals surface area (Å²) in [6.07, 6.45) is 17.6. The van der Waals surface area contributed by atoms with Crippen molar-refractivity contribution in [3.63, 3.8) is 0 Å². The number of ether oxygens (including phenoxy) is 9. The number of benzene rings is 6. The van der Waals surface area contributed by atoms with Gasteiger partial charge in [0, 0.05) is 27.4 Å². The Morgan fingerprint density at radius 2 is 0.614 bits per heavy atom. The van der Waals surface area contributed by atoms with Crippen molar-refractivity contribution in [2.75, 3.05) is 19.8 Å².